The lowest BCUT2D eigenvalue weighted by Gasteiger charge is -2.22. The van der Waals surface area contributed by atoms with Gasteiger partial charge in [-0.25, -0.2) is 0 Å². The Hall–Kier alpha value is -3.34. The standard InChI is InChI=1S/C23H24N2O3/c1-3-24-22(26)15-18-9-11-20(12-10-18)25(23(27)21-8-5-13-28-21)16-19-7-4-6-17(2)14-19/h4-14H,3,15-16H2,1-2H3,(H,24,26). The van der Waals surface area contributed by atoms with Crippen molar-refractivity contribution in [3.05, 3.63) is 89.4 Å². The second-order valence-electron chi connectivity index (χ2n) is 6.65. The van der Waals surface area contributed by atoms with E-state index < -0.39 is 0 Å². The molecule has 2 aromatic carbocycles. The SMILES string of the molecule is CCNC(=O)Cc1ccc(N(Cc2cccc(C)c2)C(=O)c2ccco2)cc1. The number of rotatable bonds is 7. The van der Waals surface area contributed by atoms with Gasteiger partial charge in [-0.05, 0) is 49.2 Å². The van der Waals surface area contributed by atoms with Crippen LogP contribution in [0.3, 0.4) is 0 Å². The minimum absolute atomic E-state index is 0.0153. The van der Waals surface area contributed by atoms with Gasteiger partial charge in [0.05, 0.1) is 19.2 Å². The molecule has 1 N–H and O–H groups in total. The van der Waals surface area contributed by atoms with E-state index in [-0.39, 0.29) is 11.8 Å². The van der Waals surface area contributed by atoms with Crippen molar-refractivity contribution in [1.29, 1.82) is 0 Å². The van der Waals surface area contributed by atoms with E-state index in [0.29, 0.717) is 25.3 Å². The number of anilines is 1. The predicted octanol–water partition coefficient (Wildman–Crippen LogP) is 4.11. The van der Waals surface area contributed by atoms with E-state index in [1.807, 2.05) is 56.3 Å². The lowest BCUT2D eigenvalue weighted by molar-refractivity contribution is -0.120. The molecule has 0 radical (unpaired) electrons. The van der Waals surface area contributed by atoms with Crippen LogP contribution in [0.1, 0.15) is 34.2 Å². The Morgan fingerprint density at radius 1 is 1.00 bits per heavy atom. The highest BCUT2D eigenvalue weighted by Gasteiger charge is 2.20. The highest BCUT2D eigenvalue weighted by Crippen LogP contribution is 2.22. The number of carbonyl (C=O) groups is 2. The molecule has 0 aliphatic heterocycles. The molecule has 2 amide bonds. The Bertz CT molecular complexity index is 931. The van der Waals surface area contributed by atoms with Crippen LogP contribution in [-0.2, 0) is 17.8 Å². The first-order chi connectivity index (χ1) is 13.6. The maximum Gasteiger partial charge on any atom is 0.294 e. The number of nitrogens with zero attached hydrogens (tertiary/aromatic N) is 1. The molecule has 0 saturated carbocycles. The van der Waals surface area contributed by atoms with Crippen LogP contribution in [0.15, 0.2) is 71.3 Å². The molecule has 0 aliphatic rings. The summed E-state index contributed by atoms with van der Waals surface area (Å²) in [7, 11) is 0. The number of hydrogen-bond donors (Lipinski definition) is 1. The number of nitrogens with one attached hydrogen (secondary N) is 1. The number of benzene rings is 2. The van der Waals surface area contributed by atoms with Crippen molar-refractivity contribution in [1.82, 2.24) is 5.32 Å². The molecule has 0 spiro atoms. The summed E-state index contributed by atoms with van der Waals surface area (Å²) in [5.41, 5.74) is 3.82. The molecule has 5 heteroatoms. The molecule has 0 bridgehead atoms. The Balaban J connectivity index is 1.85. The van der Waals surface area contributed by atoms with Crippen LogP contribution in [0, 0.1) is 6.92 Å². The lowest BCUT2D eigenvalue weighted by atomic mass is 10.1. The first kappa shape index (κ1) is 19.4. The molecule has 144 valence electrons. The highest BCUT2D eigenvalue weighted by atomic mass is 16.3. The fourth-order valence-electron chi connectivity index (χ4n) is 3.05. The van der Waals surface area contributed by atoms with Crippen molar-refractivity contribution in [2.75, 3.05) is 11.4 Å². The molecule has 0 atom stereocenters. The third-order valence-electron chi connectivity index (χ3n) is 4.39. The third-order valence-corrected chi connectivity index (χ3v) is 4.39. The Labute approximate surface area is 165 Å². The van der Waals surface area contributed by atoms with Crippen molar-refractivity contribution in [2.24, 2.45) is 0 Å². The maximum absolute atomic E-state index is 13.0. The fraction of sp³-hybridized carbons (Fsp3) is 0.217. The molecular formula is C23H24N2O3. The minimum Gasteiger partial charge on any atom is -0.459 e. The van der Waals surface area contributed by atoms with Crippen LogP contribution < -0.4 is 10.2 Å². The van der Waals surface area contributed by atoms with Crippen molar-refractivity contribution in [3.8, 4) is 0 Å². The van der Waals surface area contributed by atoms with Gasteiger partial charge in [-0.15, -0.1) is 0 Å². The van der Waals surface area contributed by atoms with Crippen LogP contribution >= 0.6 is 0 Å². The van der Waals surface area contributed by atoms with Gasteiger partial charge in [0, 0.05) is 12.2 Å². The lowest BCUT2D eigenvalue weighted by Crippen LogP contribution is -2.30. The molecule has 5 nitrogen and oxygen atoms in total. The van der Waals surface area contributed by atoms with E-state index in [1.165, 1.54) is 6.26 Å². The Morgan fingerprint density at radius 3 is 2.43 bits per heavy atom. The van der Waals surface area contributed by atoms with Crippen LogP contribution in [0.5, 0.6) is 0 Å². The Morgan fingerprint density at radius 2 is 1.79 bits per heavy atom. The second-order valence-corrected chi connectivity index (χ2v) is 6.65. The van der Waals surface area contributed by atoms with Crippen LogP contribution in [0.25, 0.3) is 0 Å². The van der Waals surface area contributed by atoms with Gasteiger partial charge in [0.2, 0.25) is 5.91 Å². The van der Waals surface area contributed by atoms with Crippen molar-refractivity contribution in [2.45, 2.75) is 26.8 Å². The quantitative estimate of drug-likeness (QED) is 0.675. The summed E-state index contributed by atoms with van der Waals surface area (Å²) < 4.78 is 5.32. The summed E-state index contributed by atoms with van der Waals surface area (Å²) in [5.74, 6) is 0.0700. The zero-order chi connectivity index (χ0) is 19.9. The van der Waals surface area contributed by atoms with Crippen LogP contribution in [0.2, 0.25) is 0 Å². The summed E-state index contributed by atoms with van der Waals surface area (Å²) in [4.78, 5) is 26.5. The normalized spacial score (nSPS) is 10.5. The molecule has 3 rings (SSSR count). The number of carbonyl (C=O) groups excluding carboxylic acids is 2. The maximum atomic E-state index is 13.0. The average molecular weight is 376 g/mol. The summed E-state index contributed by atoms with van der Waals surface area (Å²) >= 11 is 0. The van der Waals surface area contributed by atoms with Gasteiger partial charge in [0.1, 0.15) is 0 Å². The second kappa shape index (κ2) is 9.04. The summed E-state index contributed by atoms with van der Waals surface area (Å²) in [5, 5.41) is 2.79. The van der Waals surface area contributed by atoms with Gasteiger partial charge in [0.25, 0.3) is 5.91 Å². The molecule has 0 fully saturated rings. The van der Waals surface area contributed by atoms with E-state index in [0.717, 1.165) is 22.4 Å². The first-order valence-electron chi connectivity index (χ1n) is 9.33. The zero-order valence-electron chi connectivity index (χ0n) is 16.1. The van der Waals surface area contributed by atoms with Crippen molar-refractivity contribution in [3.63, 3.8) is 0 Å². The topological polar surface area (TPSA) is 62.6 Å². The van der Waals surface area contributed by atoms with E-state index in [9.17, 15) is 9.59 Å². The van der Waals surface area contributed by atoms with Crippen LogP contribution in [-0.4, -0.2) is 18.4 Å². The summed E-state index contributed by atoms with van der Waals surface area (Å²) in [6.07, 6.45) is 1.81. The molecule has 1 heterocycles. The molecule has 3 aromatic rings. The monoisotopic (exact) mass is 376 g/mol. The fourth-order valence-corrected chi connectivity index (χ4v) is 3.05. The number of likely N-dealkylation sites (N-methyl/N-ethyl adjacent to an activating group) is 1. The first-order valence-corrected chi connectivity index (χ1v) is 9.33. The predicted molar refractivity (Wildman–Crippen MR) is 109 cm³/mol. The van der Waals surface area contributed by atoms with E-state index in [1.54, 1.807) is 17.0 Å². The molecule has 28 heavy (non-hydrogen) atoms. The number of hydrogen-bond acceptors (Lipinski definition) is 3. The van der Waals surface area contributed by atoms with Gasteiger partial charge in [-0.3, -0.25) is 9.59 Å². The summed E-state index contributed by atoms with van der Waals surface area (Å²) in [6, 6.07) is 18.9. The van der Waals surface area contributed by atoms with Gasteiger partial charge < -0.3 is 14.6 Å². The third kappa shape index (κ3) is 4.88. The number of amides is 2. The number of aryl methyl sites for hydroxylation is 1. The zero-order valence-corrected chi connectivity index (χ0v) is 16.1. The average Bonchev–Trinajstić information content (AvgIpc) is 3.21. The minimum atomic E-state index is -0.206. The van der Waals surface area contributed by atoms with E-state index in [4.69, 9.17) is 4.42 Å². The number of furan rings is 1. The molecule has 0 aliphatic carbocycles. The van der Waals surface area contributed by atoms with Gasteiger partial charge >= 0.3 is 0 Å². The van der Waals surface area contributed by atoms with Gasteiger partial charge in [-0.2, -0.15) is 0 Å². The summed E-state index contributed by atoms with van der Waals surface area (Å²) in [6.45, 7) is 4.96. The van der Waals surface area contributed by atoms with E-state index >= 15 is 0 Å². The largest absolute Gasteiger partial charge is 0.459 e. The highest BCUT2D eigenvalue weighted by molar-refractivity contribution is 6.04. The smallest absolute Gasteiger partial charge is 0.294 e. The Kier molecular flexibility index (Phi) is 6.27. The van der Waals surface area contributed by atoms with Gasteiger partial charge in [-0.1, -0.05) is 42.0 Å². The van der Waals surface area contributed by atoms with Crippen molar-refractivity contribution >= 4 is 17.5 Å². The molecular weight excluding hydrogens is 352 g/mol. The molecule has 0 unspecified atom stereocenters. The molecule has 0 saturated heterocycles. The van der Waals surface area contributed by atoms with Gasteiger partial charge in [0.15, 0.2) is 5.76 Å². The van der Waals surface area contributed by atoms with E-state index in [2.05, 4.69) is 11.4 Å². The van der Waals surface area contributed by atoms with Crippen molar-refractivity contribution < 1.29 is 14.0 Å². The molecule has 1 aromatic heterocycles. The van der Waals surface area contributed by atoms with Crippen LogP contribution in [0.4, 0.5) is 5.69 Å².